The van der Waals surface area contributed by atoms with Gasteiger partial charge in [-0.3, -0.25) is 14.8 Å². The zero-order chi connectivity index (χ0) is 15.2. The van der Waals surface area contributed by atoms with Crippen molar-refractivity contribution >= 4 is 16.8 Å². The van der Waals surface area contributed by atoms with Crippen molar-refractivity contribution in [3.63, 3.8) is 0 Å². The molecule has 0 radical (unpaired) electrons. The zero-order valence-corrected chi connectivity index (χ0v) is 11.9. The van der Waals surface area contributed by atoms with Crippen LogP contribution < -0.4 is 10.1 Å². The molecule has 0 saturated heterocycles. The lowest BCUT2D eigenvalue weighted by Crippen LogP contribution is -2.28. The molecule has 1 N–H and O–H groups in total. The molecule has 0 fully saturated rings. The predicted molar refractivity (Wildman–Crippen MR) is 83.8 cm³/mol. The van der Waals surface area contributed by atoms with Crippen LogP contribution in [0.2, 0.25) is 0 Å². The second kappa shape index (κ2) is 6.67. The first-order chi connectivity index (χ1) is 10.8. The molecule has 3 rings (SSSR count). The van der Waals surface area contributed by atoms with E-state index >= 15 is 0 Å². The summed E-state index contributed by atoms with van der Waals surface area (Å²) in [6, 6.07) is 13.1. The number of hydrogen-bond acceptors (Lipinski definition) is 4. The summed E-state index contributed by atoms with van der Waals surface area (Å²) in [6.07, 6.45) is 4.93. The van der Waals surface area contributed by atoms with Gasteiger partial charge in [0.25, 0.3) is 5.91 Å². The maximum atomic E-state index is 11.8. The van der Waals surface area contributed by atoms with Gasteiger partial charge in [-0.05, 0) is 36.4 Å². The number of carbonyl (C=O) groups excluding carboxylic acids is 1. The third kappa shape index (κ3) is 3.38. The standard InChI is InChI=1S/C17H15N3O2/c21-17(14-4-1-7-18-12-14)20-9-10-22-15-5-6-16-13(11-15)3-2-8-19-16/h1-8,11-12H,9-10H2,(H,20,21). The van der Waals surface area contributed by atoms with Crippen LogP contribution in [0.25, 0.3) is 10.9 Å². The summed E-state index contributed by atoms with van der Waals surface area (Å²) in [7, 11) is 0. The number of nitrogens with zero attached hydrogens (tertiary/aromatic N) is 2. The van der Waals surface area contributed by atoms with Crippen LogP contribution in [0.5, 0.6) is 5.75 Å². The molecule has 0 bridgehead atoms. The molecule has 22 heavy (non-hydrogen) atoms. The summed E-state index contributed by atoms with van der Waals surface area (Å²) >= 11 is 0. The van der Waals surface area contributed by atoms with Crippen LogP contribution in [0.4, 0.5) is 0 Å². The summed E-state index contributed by atoms with van der Waals surface area (Å²) in [6.45, 7) is 0.830. The number of ether oxygens (including phenoxy) is 1. The van der Waals surface area contributed by atoms with E-state index in [-0.39, 0.29) is 5.91 Å². The average molecular weight is 293 g/mol. The van der Waals surface area contributed by atoms with Gasteiger partial charge < -0.3 is 10.1 Å². The lowest BCUT2D eigenvalue weighted by atomic mass is 10.2. The number of hydrogen-bond donors (Lipinski definition) is 1. The monoisotopic (exact) mass is 293 g/mol. The minimum absolute atomic E-state index is 0.153. The number of nitrogens with one attached hydrogen (secondary N) is 1. The number of pyridine rings is 2. The lowest BCUT2D eigenvalue weighted by Gasteiger charge is -2.08. The highest BCUT2D eigenvalue weighted by Gasteiger charge is 2.04. The molecule has 5 nitrogen and oxygen atoms in total. The van der Waals surface area contributed by atoms with Gasteiger partial charge in [0.05, 0.1) is 17.6 Å². The molecule has 2 heterocycles. The molecule has 1 aromatic carbocycles. The molecule has 5 heteroatoms. The van der Waals surface area contributed by atoms with Crippen LogP contribution in [-0.2, 0) is 0 Å². The van der Waals surface area contributed by atoms with Gasteiger partial charge in [0, 0.05) is 24.0 Å². The Morgan fingerprint density at radius 1 is 1.14 bits per heavy atom. The van der Waals surface area contributed by atoms with Crippen LogP contribution in [0.1, 0.15) is 10.4 Å². The maximum absolute atomic E-state index is 11.8. The van der Waals surface area contributed by atoms with E-state index in [1.807, 2.05) is 30.3 Å². The van der Waals surface area contributed by atoms with E-state index in [1.165, 1.54) is 6.20 Å². The number of benzene rings is 1. The van der Waals surface area contributed by atoms with E-state index in [1.54, 1.807) is 24.5 Å². The van der Waals surface area contributed by atoms with Gasteiger partial charge in [-0.1, -0.05) is 6.07 Å². The first-order valence-corrected chi connectivity index (χ1v) is 6.99. The number of fused-ring (bicyclic) bond motifs is 1. The summed E-state index contributed by atoms with van der Waals surface area (Å²) in [5, 5.41) is 3.82. The van der Waals surface area contributed by atoms with Crippen molar-refractivity contribution in [3.8, 4) is 5.75 Å². The highest BCUT2D eigenvalue weighted by atomic mass is 16.5. The topological polar surface area (TPSA) is 64.1 Å². The molecule has 0 aliphatic rings. The second-order valence-electron chi connectivity index (χ2n) is 4.70. The number of carbonyl (C=O) groups is 1. The minimum atomic E-state index is -0.153. The third-order valence-electron chi connectivity index (χ3n) is 3.15. The molecule has 0 saturated carbocycles. The van der Waals surface area contributed by atoms with E-state index in [2.05, 4.69) is 15.3 Å². The van der Waals surface area contributed by atoms with E-state index in [0.29, 0.717) is 18.7 Å². The molecule has 0 atom stereocenters. The van der Waals surface area contributed by atoms with Crippen molar-refractivity contribution in [1.82, 2.24) is 15.3 Å². The van der Waals surface area contributed by atoms with Crippen LogP contribution in [0.3, 0.4) is 0 Å². The van der Waals surface area contributed by atoms with Crippen molar-refractivity contribution in [2.45, 2.75) is 0 Å². The van der Waals surface area contributed by atoms with Gasteiger partial charge in [0.2, 0.25) is 0 Å². The number of amides is 1. The smallest absolute Gasteiger partial charge is 0.252 e. The molecule has 0 unspecified atom stereocenters. The first-order valence-electron chi connectivity index (χ1n) is 6.99. The van der Waals surface area contributed by atoms with Gasteiger partial charge >= 0.3 is 0 Å². The van der Waals surface area contributed by atoms with Gasteiger partial charge in [0.15, 0.2) is 0 Å². The Morgan fingerprint density at radius 3 is 2.91 bits per heavy atom. The van der Waals surface area contributed by atoms with Crippen molar-refractivity contribution in [1.29, 1.82) is 0 Å². The van der Waals surface area contributed by atoms with Crippen molar-refractivity contribution in [2.24, 2.45) is 0 Å². The van der Waals surface area contributed by atoms with Gasteiger partial charge in [-0.15, -0.1) is 0 Å². The number of rotatable bonds is 5. The lowest BCUT2D eigenvalue weighted by molar-refractivity contribution is 0.0946. The second-order valence-corrected chi connectivity index (χ2v) is 4.70. The Morgan fingerprint density at radius 2 is 2.05 bits per heavy atom. The van der Waals surface area contributed by atoms with Crippen molar-refractivity contribution in [2.75, 3.05) is 13.2 Å². The molecular weight excluding hydrogens is 278 g/mol. The maximum Gasteiger partial charge on any atom is 0.252 e. The Hall–Kier alpha value is -2.95. The average Bonchev–Trinajstić information content (AvgIpc) is 2.59. The Kier molecular flexibility index (Phi) is 4.25. The normalized spacial score (nSPS) is 10.4. The van der Waals surface area contributed by atoms with Crippen LogP contribution in [0, 0.1) is 0 Å². The molecule has 0 aliphatic carbocycles. The quantitative estimate of drug-likeness (QED) is 0.734. The predicted octanol–water partition coefficient (Wildman–Crippen LogP) is 2.44. The third-order valence-corrected chi connectivity index (χ3v) is 3.15. The van der Waals surface area contributed by atoms with Gasteiger partial charge in [0.1, 0.15) is 12.4 Å². The van der Waals surface area contributed by atoms with E-state index in [0.717, 1.165) is 16.7 Å². The minimum Gasteiger partial charge on any atom is -0.492 e. The molecule has 3 aromatic rings. The summed E-state index contributed by atoms with van der Waals surface area (Å²) < 4.78 is 5.64. The fraction of sp³-hybridized carbons (Fsp3) is 0.118. The fourth-order valence-corrected chi connectivity index (χ4v) is 2.08. The Labute approximate surface area is 128 Å². The fourth-order valence-electron chi connectivity index (χ4n) is 2.08. The van der Waals surface area contributed by atoms with Gasteiger partial charge in [-0.2, -0.15) is 0 Å². The molecule has 0 aliphatic heterocycles. The van der Waals surface area contributed by atoms with Crippen molar-refractivity contribution in [3.05, 3.63) is 66.6 Å². The number of aromatic nitrogens is 2. The van der Waals surface area contributed by atoms with Crippen LogP contribution in [0.15, 0.2) is 61.1 Å². The SMILES string of the molecule is O=C(NCCOc1ccc2ncccc2c1)c1cccnc1. The molecular formula is C17H15N3O2. The highest BCUT2D eigenvalue weighted by molar-refractivity contribution is 5.93. The summed E-state index contributed by atoms with van der Waals surface area (Å²) in [5.41, 5.74) is 1.47. The highest BCUT2D eigenvalue weighted by Crippen LogP contribution is 2.18. The molecule has 2 aromatic heterocycles. The largest absolute Gasteiger partial charge is 0.492 e. The molecule has 0 spiro atoms. The van der Waals surface area contributed by atoms with E-state index < -0.39 is 0 Å². The molecule has 110 valence electrons. The zero-order valence-electron chi connectivity index (χ0n) is 11.9. The van der Waals surface area contributed by atoms with E-state index in [9.17, 15) is 4.79 Å². The van der Waals surface area contributed by atoms with E-state index in [4.69, 9.17) is 4.74 Å². The summed E-state index contributed by atoms with van der Waals surface area (Å²) in [5.74, 6) is 0.607. The summed E-state index contributed by atoms with van der Waals surface area (Å²) in [4.78, 5) is 20.0. The van der Waals surface area contributed by atoms with Gasteiger partial charge in [-0.25, -0.2) is 0 Å². The Bertz CT molecular complexity index is 775. The van der Waals surface area contributed by atoms with Crippen LogP contribution >= 0.6 is 0 Å². The Balaban J connectivity index is 1.51. The first kappa shape index (κ1) is 14.0. The molecule has 1 amide bonds. The van der Waals surface area contributed by atoms with Crippen LogP contribution in [-0.4, -0.2) is 29.0 Å². The van der Waals surface area contributed by atoms with Crippen molar-refractivity contribution < 1.29 is 9.53 Å².